The van der Waals surface area contributed by atoms with Crippen molar-refractivity contribution in [2.24, 2.45) is 5.73 Å². The SMILES string of the molecule is CCC(=O)[C@H](Cc1cnc[nH]1)NC(=O)CCN. The fourth-order valence-electron chi connectivity index (χ4n) is 1.51. The minimum Gasteiger partial charge on any atom is -0.348 e. The van der Waals surface area contributed by atoms with E-state index >= 15 is 0 Å². The first-order valence-corrected chi connectivity index (χ1v) is 5.66. The van der Waals surface area contributed by atoms with E-state index in [1.165, 1.54) is 0 Å². The van der Waals surface area contributed by atoms with Gasteiger partial charge in [0.2, 0.25) is 5.91 Å². The molecular weight excluding hydrogens is 220 g/mol. The van der Waals surface area contributed by atoms with Gasteiger partial charge in [-0.2, -0.15) is 0 Å². The van der Waals surface area contributed by atoms with Crippen LogP contribution in [0.3, 0.4) is 0 Å². The van der Waals surface area contributed by atoms with Crippen LogP contribution < -0.4 is 11.1 Å². The molecule has 0 saturated heterocycles. The van der Waals surface area contributed by atoms with E-state index in [1.54, 1.807) is 19.4 Å². The highest BCUT2D eigenvalue weighted by molar-refractivity contribution is 5.89. The highest BCUT2D eigenvalue weighted by atomic mass is 16.2. The molecule has 0 unspecified atom stereocenters. The second kappa shape index (κ2) is 6.80. The topological polar surface area (TPSA) is 101 Å². The molecule has 1 heterocycles. The summed E-state index contributed by atoms with van der Waals surface area (Å²) >= 11 is 0. The van der Waals surface area contributed by atoms with Crippen molar-refractivity contribution in [1.29, 1.82) is 0 Å². The van der Waals surface area contributed by atoms with Gasteiger partial charge in [0, 0.05) is 37.7 Å². The minimum atomic E-state index is -0.500. The predicted octanol–water partition coefficient (Wildman–Crippen LogP) is -0.235. The maximum absolute atomic E-state index is 11.7. The number of H-pyrrole nitrogens is 1. The molecule has 0 fully saturated rings. The van der Waals surface area contributed by atoms with E-state index in [0.717, 1.165) is 5.69 Å². The Morgan fingerprint density at radius 1 is 1.59 bits per heavy atom. The number of ketones is 1. The van der Waals surface area contributed by atoms with Crippen LogP contribution >= 0.6 is 0 Å². The molecule has 6 heteroatoms. The van der Waals surface area contributed by atoms with E-state index in [1.807, 2.05) is 0 Å². The fraction of sp³-hybridized carbons (Fsp3) is 0.545. The molecule has 94 valence electrons. The molecular formula is C11H18N4O2. The van der Waals surface area contributed by atoms with Crippen molar-refractivity contribution in [3.8, 4) is 0 Å². The van der Waals surface area contributed by atoms with Crippen LogP contribution in [0, 0.1) is 0 Å². The molecule has 1 rings (SSSR count). The zero-order valence-corrected chi connectivity index (χ0v) is 9.90. The molecule has 0 spiro atoms. The van der Waals surface area contributed by atoms with Gasteiger partial charge in [-0.3, -0.25) is 9.59 Å². The van der Waals surface area contributed by atoms with Gasteiger partial charge >= 0.3 is 0 Å². The van der Waals surface area contributed by atoms with Crippen LogP contribution in [0.1, 0.15) is 25.5 Å². The van der Waals surface area contributed by atoms with Gasteiger partial charge in [-0.1, -0.05) is 6.92 Å². The first-order valence-electron chi connectivity index (χ1n) is 5.66. The number of carbonyl (C=O) groups excluding carboxylic acids is 2. The van der Waals surface area contributed by atoms with Crippen LogP contribution in [0.15, 0.2) is 12.5 Å². The number of nitrogens with zero attached hydrogens (tertiary/aromatic N) is 1. The largest absolute Gasteiger partial charge is 0.348 e. The van der Waals surface area contributed by atoms with Crippen LogP contribution in [-0.4, -0.2) is 34.2 Å². The highest BCUT2D eigenvalue weighted by Crippen LogP contribution is 2.02. The summed E-state index contributed by atoms with van der Waals surface area (Å²) in [6.07, 6.45) is 4.25. The number of rotatable bonds is 7. The lowest BCUT2D eigenvalue weighted by molar-refractivity contribution is -0.127. The van der Waals surface area contributed by atoms with Crippen molar-refractivity contribution in [3.05, 3.63) is 18.2 Å². The molecule has 0 bridgehead atoms. The molecule has 6 nitrogen and oxygen atoms in total. The standard InChI is InChI=1S/C11H18N4O2/c1-2-10(16)9(15-11(17)3-4-12)5-8-6-13-7-14-8/h6-7,9H,2-5,12H2,1H3,(H,13,14)(H,15,17)/t9-/m0/s1. The second-order valence-electron chi connectivity index (χ2n) is 3.76. The number of imidazole rings is 1. The predicted molar refractivity (Wildman–Crippen MR) is 63.2 cm³/mol. The van der Waals surface area contributed by atoms with E-state index in [9.17, 15) is 9.59 Å². The first-order chi connectivity index (χ1) is 8.17. The maximum Gasteiger partial charge on any atom is 0.221 e. The summed E-state index contributed by atoms with van der Waals surface area (Å²) in [5, 5.41) is 2.69. The summed E-state index contributed by atoms with van der Waals surface area (Å²) in [5.41, 5.74) is 6.11. The highest BCUT2D eigenvalue weighted by Gasteiger charge is 2.19. The summed E-state index contributed by atoms with van der Waals surface area (Å²) in [7, 11) is 0. The van der Waals surface area contributed by atoms with Crippen LogP contribution in [0.2, 0.25) is 0 Å². The third-order valence-electron chi connectivity index (χ3n) is 2.42. The van der Waals surface area contributed by atoms with Gasteiger partial charge in [0.05, 0.1) is 12.4 Å². The van der Waals surface area contributed by atoms with Crippen molar-refractivity contribution in [2.75, 3.05) is 6.54 Å². The lowest BCUT2D eigenvalue weighted by Crippen LogP contribution is -2.42. The van der Waals surface area contributed by atoms with Gasteiger partial charge < -0.3 is 16.0 Å². The fourth-order valence-corrected chi connectivity index (χ4v) is 1.51. The van der Waals surface area contributed by atoms with Gasteiger partial charge in [-0.05, 0) is 0 Å². The van der Waals surface area contributed by atoms with E-state index in [-0.39, 0.29) is 24.7 Å². The number of aromatic amines is 1. The zero-order valence-electron chi connectivity index (χ0n) is 9.90. The molecule has 0 aliphatic heterocycles. The second-order valence-corrected chi connectivity index (χ2v) is 3.76. The van der Waals surface area contributed by atoms with Gasteiger partial charge in [-0.25, -0.2) is 4.98 Å². The lowest BCUT2D eigenvalue weighted by Gasteiger charge is -2.16. The third kappa shape index (κ3) is 4.36. The van der Waals surface area contributed by atoms with Gasteiger partial charge in [0.15, 0.2) is 5.78 Å². The van der Waals surface area contributed by atoms with Crippen molar-refractivity contribution >= 4 is 11.7 Å². The summed E-state index contributed by atoms with van der Waals surface area (Å²) < 4.78 is 0. The Bertz CT molecular complexity index is 362. The summed E-state index contributed by atoms with van der Waals surface area (Å²) in [5.74, 6) is -0.191. The third-order valence-corrected chi connectivity index (χ3v) is 2.42. The number of hydrogen-bond donors (Lipinski definition) is 3. The Hall–Kier alpha value is -1.69. The molecule has 0 radical (unpaired) electrons. The van der Waals surface area contributed by atoms with Crippen molar-refractivity contribution in [3.63, 3.8) is 0 Å². The quantitative estimate of drug-likeness (QED) is 0.610. The Morgan fingerprint density at radius 3 is 2.88 bits per heavy atom. The van der Waals surface area contributed by atoms with E-state index < -0.39 is 6.04 Å². The number of amides is 1. The smallest absolute Gasteiger partial charge is 0.221 e. The van der Waals surface area contributed by atoms with Gasteiger partial charge in [0.25, 0.3) is 0 Å². The Balaban J connectivity index is 2.60. The molecule has 1 aromatic rings. The molecule has 0 aromatic carbocycles. The number of carbonyl (C=O) groups is 2. The molecule has 0 aliphatic rings. The molecule has 0 aliphatic carbocycles. The van der Waals surface area contributed by atoms with Crippen LogP contribution in [0.4, 0.5) is 0 Å². The van der Waals surface area contributed by atoms with Crippen molar-refractivity contribution in [1.82, 2.24) is 15.3 Å². The number of nitrogens with one attached hydrogen (secondary N) is 2. The van der Waals surface area contributed by atoms with Crippen molar-refractivity contribution in [2.45, 2.75) is 32.2 Å². The molecule has 1 aromatic heterocycles. The zero-order chi connectivity index (χ0) is 12.7. The van der Waals surface area contributed by atoms with Crippen molar-refractivity contribution < 1.29 is 9.59 Å². The Morgan fingerprint density at radius 2 is 2.35 bits per heavy atom. The van der Waals surface area contributed by atoms with Crippen LogP contribution in [0.25, 0.3) is 0 Å². The molecule has 17 heavy (non-hydrogen) atoms. The minimum absolute atomic E-state index is 0.00460. The van der Waals surface area contributed by atoms with Crippen LogP contribution in [0.5, 0.6) is 0 Å². The summed E-state index contributed by atoms with van der Waals surface area (Å²) in [4.78, 5) is 29.9. The first kappa shape index (κ1) is 13.4. The number of Topliss-reactive ketones (excluding diaryl/α,β-unsaturated/α-hetero) is 1. The van der Waals surface area contributed by atoms with Gasteiger partial charge in [0.1, 0.15) is 0 Å². The number of nitrogens with two attached hydrogens (primary N) is 1. The normalized spacial score (nSPS) is 12.1. The Labute approximate surface area is 100.0 Å². The van der Waals surface area contributed by atoms with E-state index in [4.69, 9.17) is 5.73 Å². The average molecular weight is 238 g/mol. The van der Waals surface area contributed by atoms with Crippen LogP contribution in [-0.2, 0) is 16.0 Å². The maximum atomic E-state index is 11.7. The summed E-state index contributed by atoms with van der Waals surface area (Å²) in [6.45, 7) is 2.06. The lowest BCUT2D eigenvalue weighted by atomic mass is 10.1. The number of aromatic nitrogens is 2. The molecule has 1 atom stereocenters. The summed E-state index contributed by atoms with van der Waals surface area (Å²) in [6, 6.07) is -0.500. The molecule has 0 saturated carbocycles. The Kier molecular flexibility index (Phi) is 5.35. The van der Waals surface area contributed by atoms with E-state index in [2.05, 4.69) is 15.3 Å². The monoisotopic (exact) mass is 238 g/mol. The number of hydrogen-bond acceptors (Lipinski definition) is 4. The van der Waals surface area contributed by atoms with Gasteiger partial charge in [-0.15, -0.1) is 0 Å². The molecule has 4 N–H and O–H groups in total. The van der Waals surface area contributed by atoms with E-state index in [0.29, 0.717) is 12.8 Å². The molecule has 1 amide bonds. The average Bonchev–Trinajstić information content (AvgIpc) is 2.80.